The number of hydrogen-bond acceptors (Lipinski definition) is 1. The molecule has 0 aliphatic heterocycles. The quantitative estimate of drug-likeness (QED) is 0.595. The molecule has 132 valence electrons. The highest BCUT2D eigenvalue weighted by molar-refractivity contribution is 6.09. The molecule has 0 radical (unpaired) electrons. The summed E-state index contributed by atoms with van der Waals surface area (Å²) in [6.07, 6.45) is -4.40. The van der Waals surface area contributed by atoms with Gasteiger partial charge in [-0.2, -0.15) is 13.2 Å². The van der Waals surface area contributed by atoms with E-state index in [2.05, 4.69) is 0 Å². The Morgan fingerprint density at radius 3 is 2.00 bits per heavy atom. The maximum atomic E-state index is 12.9. The Labute approximate surface area is 149 Å². The van der Waals surface area contributed by atoms with E-state index in [1.807, 2.05) is 42.5 Å². The fourth-order valence-electron chi connectivity index (χ4n) is 2.71. The Morgan fingerprint density at radius 2 is 1.38 bits per heavy atom. The highest BCUT2D eigenvalue weighted by Crippen LogP contribution is 2.31. The minimum absolute atomic E-state index is 0.288. The Hall–Kier alpha value is -3.08. The third-order valence-electron chi connectivity index (χ3n) is 4.13. The first-order chi connectivity index (χ1) is 12.4. The summed E-state index contributed by atoms with van der Waals surface area (Å²) < 4.78 is 38.1. The van der Waals surface area contributed by atoms with E-state index in [1.54, 1.807) is 19.2 Å². The SMILES string of the molecule is CN(C(=O)c1ccccc1-c1ccccc1)c1ccc(C(F)(F)F)cc1. The summed E-state index contributed by atoms with van der Waals surface area (Å²) in [5, 5.41) is 0. The molecule has 0 heterocycles. The molecule has 0 atom stereocenters. The molecule has 3 rings (SSSR count). The fourth-order valence-corrected chi connectivity index (χ4v) is 2.71. The smallest absolute Gasteiger partial charge is 0.311 e. The lowest BCUT2D eigenvalue weighted by atomic mass is 9.99. The number of carbonyl (C=O) groups excluding carboxylic acids is 1. The summed E-state index contributed by atoms with van der Waals surface area (Å²) in [6, 6.07) is 21.2. The van der Waals surface area contributed by atoms with E-state index in [9.17, 15) is 18.0 Å². The maximum absolute atomic E-state index is 12.9. The fraction of sp³-hybridized carbons (Fsp3) is 0.0952. The first-order valence-corrected chi connectivity index (χ1v) is 7.97. The maximum Gasteiger partial charge on any atom is 0.416 e. The molecule has 2 nitrogen and oxygen atoms in total. The van der Waals surface area contributed by atoms with Crippen molar-refractivity contribution in [2.24, 2.45) is 0 Å². The van der Waals surface area contributed by atoms with Crippen LogP contribution in [-0.2, 0) is 6.18 Å². The minimum Gasteiger partial charge on any atom is -0.311 e. The van der Waals surface area contributed by atoms with Crippen molar-refractivity contribution in [2.45, 2.75) is 6.18 Å². The van der Waals surface area contributed by atoms with Crippen molar-refractivity contribution in [3.63, 3.8) is 0 Å². The number of halogens is 3. The second-order valence-electron chi connectivity index (χ2n) is 5.82. The van der Waals surface area contributed by atoms with E-state index in [1.165, 1.54) is 17.0 Å². The lowest BCUT2D eigenvalue weighted by molar-refractivity contribution is -0.137. The molecule has 26 heavy (non-hydrogen) atoms. The molecule has 0 bridgehead atoms. The van der Waals surface area contributed by atoms with Gasteiger partial charge >= 0.3 is 6.18 Å². The minimum atomic E-state index is -4.40. The van der Waals surface area contributed by atoms with Crippen molar-refractivity contribution >= 4 is 11.6 Å². The molecular weight excluding hydrogens is 339 g/mol. The van der Waals surface area contributed by atoms with Crippen LogP contribution in [0.4, 0.5) is 18.9 Å². The Kier molecular flexibility index (Phi) is 4.80. The predicted molar refractivity (Wildman–Crippen MR) is 96.1 cm³/mol. The average molecular weight is 355 g/mol. The van der Waals surface area contributed by atoms with Gasteiger partial charge in [-0.25, -0.2) is 0 Å². The van der Waals surface area contributed by atoms with E-state index in [4.69, 9.17) is 0 Å². The number of nitrogens with zero attached hydrogens (tertiary/aromatic N) is 1. The molecule has 0 fully saturated rings. The summed E-state index contributed by atoms with van der Waals surface area (Å²) >= 11 is 0. The van der Waals surface area contributed by atoms with Gasteiger partial charge in [0.05, 0.1) is 5.56 Å². The van der Waals surface area contributed by atoms with E-state index in [0.29, 0.717) is 11.3 Å². The van der Waals surface area contributed by atoms with Crippen LogP contribution in [-0.4, -0.2) is 13.0 Å². The number of hydrogen-bond donors (Lipinski definition) is 0. The van der Waals surface area contributed by atoms with Gasteiger partial charge in [-0.05, 0) is 41.5 Å². The number of anilines is 1. The van der Waals surface area contributed by atoms with Crippen molar-refractivity contribution in [1.29, 1.82) is 0 Å². The van der Waals surface area contributed by atoms with Crippen LogP contribution >= 0.6 is 0 Å². The van der Waals surface area contributed by atoms with Crippen LogP contribution in [0.3, 0.4) is 0 Å². The topological polar surface area (TPSA) is 20.3 Å². The first kappa shape index (κ1) is 17.7. The van der Waals surface area contributed by atoms with Crippen molar-refractivity contribution < 1.29 is 18.0 Å². The standard InChI is InChI=1S/C21H16F3NO/c1-25(17-13-11-16(12-14-17)21(22,23)24)20(26)19-10-6-5-9-18(19)15-7-3-2-4-8-15/h2-14H,1H3. The molecule has 3 aromatic carbocycles. The van der Waals surface area contributed by atoms with Gasteiger partial charge in [0, 0.05) is 18.3 Å². The van der Waals surface area contributed by atoms with Crippen LogP contribution in [0.1, 0.15) is 15.9 Å². The van der Waals surface area contributed by atoms with Gasteiger partial charge in [0.25, 0.3) is 5.91 Å². The normalized spacial score (nSPS) is 11.2. The summed E-state index contributed by atoms with van der Waals surface area (Å²) in [6.45, 7) is 0. The number of amides is 1. The molecule has 5 heteroatoms. The molecule has 0 spiro atoms. The van der Waals surface area contributed by atoms with Crippen LogP contribution in [0.25, 0.3) is 11.1 Å². The molecule has 0 unspecified atom stereocenters. The first-order valence-electron chi connectivity index (χ1n) is 7.97. The van der Waals surface area contributed by atoms with Crippen LogP contribution in [0.5, 0.6) is 0 Å². The highest BCUT2D eigenvalue weighted by atomic mass is 19.4. The lowest BCUT2D eigenvalue weighted by Crippen LogP contribution is -2.26. The van der Waals surface area contributed by atoms with Crippen molar-refractivity contribution in [3.8, 4) is 11.1 Å². The predicted octanol–water partition coefficient (Wildman–Crippen LogP) is 5.65. The van der Waals surface area contributed by atoms with Gasteiger partial charge in [-0.3, -0.25) is 4.79 Å². The lowest BCUT2D eigenvalue weighted by Gasteiger charge is -2.20. The van der Waals surface area contributed by atoms with Crippen LogP contribution < -0.4 is 4.90 Å². The second-order valence-corrected chi connectivity index (χ2v) is 5.82. The number of alkyl halides is 3. The molecule has 3 aromatic rings. The highest BCUT2D eigenvalue weighted by Gasteiger charge is 2.30. The summed E-state index contributed by atoms with van der Waals surface area (Å²) in [7, 11) is 1.55. The molecule has 0 N–H and O–H groups in total. The average Bonchev–Trinajstić information content (AvgIpc) is 2.67. The van der Waals surface area contributed by atoms with Crippen LogP contribution in [0.2, 0.25) is 0 Å². The Morgan fingerprint density at radius 1 is 0.808 bits per heavy atom. The molecule has 0 saturated carbocycles. The van der Waals surface area contributed by atoms with Crippen molar-refractivity contribution in [2.75, 3.05) is 11.9 Å². The third-order valence-corrected chi connectivity index (χ3v) is 4.13. The number of rotatable bonds is 3. The van der Waals surface area contributed by atoms with Gasteiger partial charge in [0.1, 0.15) is 0 Å². The monoisotopic (exact) mass is 355 g/mol. The van der Waals surface area contributed by atoms with Gasteiger partial charge in [0.2, 0.25) is 0 Å². The van der Waals surface area contributed by atoms with E-state index < -0.39 is 11.7 Å². The third kappa shape index (κ3) is 3.61. The molecule has 0 aromatic heterocycles. The molecule has 0 aliphatic carbocycles. The van der Waals surface area contributed by atoms with Gasteiger partial charge in [-0.15, -0.1) is 0 Å². The molecule has 0 aliphatic rings. The van der Waals surface area contributed by atoms with E-state index in [-0.39, 0.29) is 5.91 Å². The van der Waals surface area contributed by atoms with E-state index >= 15 is 0 Å². The summed E-state index contributed by atoms with van der Waals surface area (Å²) in [5.41, 5.74) is 1.81. The zero-order chi connectivity index (χ0) is 18.7. The molecule has 1 amide bonds. The zero-order valence-electron chi connectivity index (χ0n) is 14.0. The zero-order valence-corrected chi connectivity index (χ0v) is 14.0. The largest absolute Gasteiger partial charge is 0.416 e. The van der Waals surface area contributed by atoms with E-state index in [0.717, 1.165) is 23.3 Å². The Bertz CT molecular complexity index is 903. The van der Waals surface area contributed by atoms with Crippen molar-refractivity contribution in [3.05, 3.63) is 90.0 Å². The van der Waals surface area contributed by atoms with Crippen LogP contribution in [0, 0.1) is 0 Å². The second kappa shape index (κ2) is 7.04. The number of benzene rings is 3. The Balaban J connectivity index is 1.93. The number of carbonyl (C=O) groups is 1. The van der Waals surface area contributed by atoms with Gasteiger partial charge in [-0.1, -0.05) is 48.5 Å². The molecule has 0 saturated heterocycles. The van der Waals surface area contributed by atoms with Gasteiger partial charge < -0.3 is 4.90 Å². The summed E-state index contributed by atoms with van der Waals surface area (Å²) in [5.74, 6) is -0.288. The summed E-state index contributed by atoms with van der Waals surface area (Å²) in [4.78, 5) is 14.3. The molecular formula is C21H16F3NO. The van der Waals surface area contributed by atoms with Gasteiger partial charge in [0.15, 0.2) is 0 Å². The van der Waals surface area contributed by atoms with Crippen LogP contribution in [0.15, 0.2) is 78.9 Å². The van der Waals surface area contributed by atoms with Crippen molar-refractivity contribution in [1.82, 2.24) is 0 Å².